The lowest BCUT2D eigenvalue weighted by atomic mass is 9.95. The average molecular weight is 346 g/mol. The normalized spacial score (nSPS) is 18.2. The molecule has 0 saturated carbocycles. The van der Waals surface area contributed by atoms with Gasteiger partial charge >= 0.3 is 0 Å². The summed E-state index contributed by atoms with van der Waals surface area (Å²) in [5.74, 6) is 0.586. The summed E-state index contributed by atoms with van der Waals surface area (Å²) >= 11 is 1.44. The molecule has 2 aromatic heterocycles. The molecule has 1 atom stereocenters. The minimum atomic E-state index is -0.253. The third-order valence-electron chi connectivity index (χ3n) is 4.76. The molecule has 4 rings (SSSR count). The van der Waals surface area contributed by atoms with Gasteiger partial charge in [-0.3, -0.25) is 4.90 Å². The third kappa shape index (κ3) is 2.67. The van der Waals surface area contributed by atoms with Crippen LogP contribution in [0.25, 0.3) is 4.96 Å². The van der Waals surface area contributed by atoms with Gasteiger partial charge in [0.05, 0.1) is 10.9 Å². The maximum atomic E-state index is 13.4. The van der Waals surface area contributed by atoms with E-state index in [1.165, 1.54) is 34.3 Å². The van der Waals surface area contributed by atoms with Crippen molar-refractivity contribution in [2.24, 2.45) is 5.92 Å². The fourth-order valence-corrected chi connectivity index (χ4v) is 4.42. The van der Waals surface area contributed by atoms with Gasteiger partial charge in [0.25, 0.3) is 0 Å². The molecule has 0 aliphatic carbocycles. The lowest BCUT2D eigenvalue weighted by molar-refractivity contribution is 0.157. The van der Waals surface area contributed by atoms with Crippen molar-refractivity contribution in [3.63, 3.8) is 0 Å². The van der Waals surface area contributed by atoms with Gasteiger partial charge in [-0.05, 0) is 49.5 Å². The van der Waals surface area contributed by atoms with Gasteiger partial charge in [0.2, 0.25) is 10.8 Å². The summed E-state index contributed by atoms with van der Waals surface area (Å²) in [6, 6.07) is 6.44. The quantitative estimate of drug-likeness (QED) is 0.789. The predicted octanol–water partition coefficient (Wildman–Crippen LogP) is 3.46. The number of hydrogen-bond acceptors (Lipinski definition) is 5. The Morgan fingerprint density at radius 3 is 2.62 bits per heavy atom. The Morgan fingerprint density at radius 2 is 1.96 bits per heavy atom. The Balaban J connectivity index is 1.78. The smallest absolute Gasteiger partial charge is 0.230 e. The number of likely N-dealkylation sites (tertiary alicyclic amines) is 1. The topological polar surface area (TPSA) is 53.7 Å². The van der Waals surface area contributed by atoms with E-state index >= 15 is 0 Å². The number of hydrogen-bond donors (Lipinski definition) is 1. The zero-order valence-electron chi connectivity index (χ0n) is 13.4. The number of aromatic nitrogens is 3. The van der Waals surface area contributed by atoms with Crippen LogP contribution in [0.5, 0.6) is 5.88 Å². The highest BCUT2D eigenvalue weighted by molar-refractivity contribution is 7.17. The summed E-state index contributed by atoms with van der Waals surface area (Å²) < 4.78 is 14.8. The van der Waals surface area contributed by atoms with Crippen LogP contribution in [-0.2, 0) is 0 Å². The number of fused-ring (bicyclic) bond motifs is 1. The predicted molar refractivity (Wildman–Crippen MR) is 90.7 cm³/mol. The molecule has 0 amide bonds. The van der Waals surface area contributed by atoms with Crippen molar-refractivity contribution in [3.05, 3.63) is 46.9 Å². The molecule has 1 fully saturated rings. The molecule has 3 aromatic rings. The van der Waals surface area contributed by atoms with E-state index in [-0.39, 0.29) is 17.7 Å². The highest BCUT2D eigenvalue weighted by atomic mass is 32.1. The molecule has 1 aliphatic rings. The fourth-order valence-electron chi connectivity index (χ4n) is 3.33. The van der Waals surface area contributed by atoms with Crippen LogP contribution in [0.2, 0.25) is 0 Å². The van der Waals surface area contributed by atoms with Gasteiger partial charge in [0, 0.05) is 0 Å². The minimum absolute atomic E-state index is 0.105. The molecule has 1 N–H and O–H groups in total. The Hall–Kier alpha value is -1.99. The summed E-state index contributed by atoms with van der Waals surface area (Å²) in [6.07, 6.45) is 3.68. The zero-order chi connectivity index (χ0) is 16.7. The van der Waals surface area contributed by atoms with E-state index in [4.69, 9.17) is 0 Å². The van der Waals surface area contributed by atoms with E-state index in [1.54, 1.807) is 12.1 Å². The van der Waals surface area contributed by atoms with Gasteiger partial charge in [-0.1, -0.05) is 30.4 Å². The molecule has 1 saturated heterocycles. The van der Waals surface area contributed by atoms with Crippen LogP contribution < -0.4 is 0 Å². The van der Waals surface area contributed by atoms with E-state index in [9.17, 15) is 9.50 Å². The van der Waals surface area contributed by atoms with Crippen LogP contribution in [0.15, 0.2) is 30.6 Å². The molecule has 1 aliphatic heterocycles. The third-order valence-corrected chi connectivity index (χ3v) is 5.84. The number of halogens is 1. The van der Waals surface area contributed by atoms with Gasteiger partial charge in [0.1, 0.15) is 12.1 Å². The Kier molecular flexibility index (Phi) is 3.97. The van der Waals surface area contributed by atoms with Gasteiger partial charge in [-0.25, -0.2) is 9.37 Å². The highest BCUT2D eigenvalue weighted by Gasteiger charge is 2.31. The van der Waals surface area contributed by atoms with E-state index in [0.29, 0.717) is 10.9 Å². The maximum Gasteiger partial charge on any atom is 0.230 e. The van der Waals surface area contributed by atoms with Crippen LogP contribution in [0, 0.1) is 11.7 Å². The van der Waals surface area contributed by atoms with Crippen molar-refractivity contribution < 1.29 is 9.50 Å². The van der Waals surface area contributed by atoms with Gasteiger partial charge in [-0.15, -0.1) is 0 Å². The van der Waals surface area contributed by atoms with Gasteiger partial charge in [0.15, 0.2) is 0 Å². The van der Waals surface area contributed by atoms with Crippen LogP contribution in [0.3, 0.4) is 0 Å². The van der Waals surface area contributed by atoms with Crippen LogP contribution in [0.4, 0.5) is 4.39 Å². The highest BCUT2D eigenvalue weighted by Crippen LogP contribution is 2.40. The lowest BCUT2D eigenvalue weighted by Gasteiger charge is -2.36. The fraction of sp³-hybridized carbons (Fsp3) is 0.412. The monoisotopic (exact) mass is 346 g/mol. The molecule has 0 bridgehead atoms. The van der Waals surface area contributed by atoms with Crippen LogP contribution in [0.1, 0.15) is 36.2 Å². The standard InChI is InChI=1S/C17H19FN4OS/c1-11-6-8-21(9-7-11)14(12-2-4-13(18)5-3-12)15-16(23)22-17(24-15)19-10-20-22/h2-5,10-11,14,23H,6-9H2,1H3. The first kappa shape index (κ1) is 15.5. The maximum absolute atomic E-state index is 13.4. The summed E-state index contributed by atoms with van der Waals surface area (Å²) in [4.78, 5) is 8.02. The van der Waals surface area contributed by atoms with E-state index in [1.807, 2.05) is 0 Å². The Labute approximate surface area is 143 Å². The van der Waals surface area contributed by atoms with Crippen molar-refractivity contribution in [1.82, 2.24) is 19.5 Å². The number of benzene rings is 1. The molecule has 5 nitrogen and oxygen atoms in total. The molecule has 0 radical (unpaired) electrons. The lowest BCUT2D eigenvalue weighted by Crippen LogP contribution is -2.36. The molecule has 126 valence electrons. The Morgan fingerprint density at radius 1 is 1.25 bits per heavy atom. The number of piperidine rings is 1. The Bertz CT molecular complexity index is 836. The molecule has 1 aromatic carbocycles. The first-order valence-electron chi connectivity index (χ1n) is 8.14. The van der Waals surface area contributed by atoms with Crippen LogP contribution >= 0.6 is 11.3 Å². The van der Waals surface area contributed by atoms with Crippen LogP contribution in [-0.4, -0.2) is 37.7 Å². The molecule has 3 heterocycles. The molecular formula is C17H19FN4OS. The number of rotatable bonds is 3. The summed E-state index contributed by atoms with van der Waals surface area (Å²) in [7, 11) is 0. The largest absolute Gasteiger partial charge is 0.492 e. The van der Waals surface area contributed by atoms with Crippen molar-refractivity contribution in [1.29, 1.82) is 0 Å². The van der Waals surface area contributed by atoms with Crippen molar-refractivity contribution >= 4 is 16.3 Å². The summed E-state index contributed by atoms with van der Waals surface area (Å²) in [6.45, 7) is 4.18. The molecule has 0 spiro atoms. The zero-order valence-corrected chi connectivity index (χ0v) is 14.2. The second-order valence-corrected chi connectivity index (χ2v) is 7.43. The first-order chi connectivity index (χ1) is 11.6. The molecule has 1 unspecified atom stereocenters. The molecule has 7 heteroatoms. The second-order valence-electron chi connectivity index (χ2n) is 6.42. The van der Waals surface area contributed by atoms with Crippen molar-refractivity contribution in [2.45, 2.75) is 25.8 Å². The van der Waals surface area contributed by atoms with Crippen molar-refractivity contribution in [2.75, 3.05) is 13.1 Å². The second kappa shape index (κ2) is 6.14. The number of nitrogens with zero attached hydrogens (tertiary/aromatic N) is 4. The van der Waals surface area contributed by atoms with Crippen molar-refractivity contribution in [3.8, 4) is 5.88 Å². The number of aromatic hydroxyl groups is 1. The van der Waals surface area contributed by atoms with Gasteiger partial charge in [-0.2, -0.15) is 9.61 Å². The SMILES string of the molecule is CC1CCN(C(c2ccc(F)cc2)c2sc3ncnn3c2O)CC1. The summed E-state index contributed by atoms with van der Waals surface area (Å²) in [5.41, 5.74) is 0.978. The summed E-state index contributed by atoms with van der Waals surface area (Å²) in [5, 5.41) is 14.7. The van der Waals surface area contributed by atoms with E-state index < -0.39 is 0 Å². The molecular weight excluding hydrogens is 327 g/mol. The first-order valence-corrected chi connectivity index (χ1v) is 8.96. The number of thiazole rings is 1. The van der Waals surface area contributed by atoms with E-state index in [2.05, 4.69) is 21.9 Å². The van der Waals surface area contributed by atoms with Gasteiger partial charge < -0.3 is 5.11 Å². The molecule has 24 heavy (non-hydrogen) atoms. The average Bonchev–Trinajstić information content (AvgIpc) is 3.15. The van der Waals surface area contributed by atoms with E-state index in [0.717, 1.165) is 36.4 Å². The minimum Gasteiger partial charge on any atom is -0.492 e.